The standard InChI is InChI=1S/C15H22O/c1-9(2)13-7-10(3)8-14(15(13)16)11(4)12-5-6-12/h7-9,11-12,16H,5-6H2,1-4H3. The zero-order valence-corrected chi connectivity index (χ0v) is 10.7. The molecular formula is C15H22O. The molecular weight excluding hydrogens is 196 g/mol. The van der Waals surface area contributed by atoms with Crippen molar-refractivity contribution >= 4 is 0 Å². The van der Waals surface area contributed by atoms with Crippen molar-refractivity contribution in [3.8, 4) is 5.75 Å². The summed E-state index contributed by atoms with van der Waals surface area (Å²) in [5.74, 6) is 2.25. The van der Waals surface area contributed by atoms with Crippen molar-refractivity contribution in [3.63, 3.8) is 0 Å². The van der Waals surface area contributed by atoms with E-state index < -0.39 is 0 Å². The Bertz CT molecular complexity index is 389. The maximum atomic E-state index is 10.3. The maximum Gasteiger partial charge on any atom is 0.122 e. The van der Waals surface area contributed by atoms with E-state index in [1.54, 1.807) is 0 Å². The molecule has 1 nitrogen and oxygen atoms in total. The van der Waals surface area contributed by atoms with Gasteiger partial charge in [-0.1, -0.05) is 38.5 Å². The van der Waals surface area contributed by atoms with Crippen LogP contribution < -0.4 is 0 Å². The van der Waals surface area contributed by atoms with Crippen LogP contribution in [0.5, 0.6) is 5.75 Å². The van der Waals surface area contributed by atoms with Crippen molar-refractivity contribution < 1.29 is 5.11 Å². The molecule has 0 aromatic heterocycles. The number of rotatable bonds is 3. The minimum atomic E-state index is 0.394. The SMILES string of the molecule is Cc1cc(C(C)C)c(O)c(C(C)C2CC2)c1. The van der Waals surface area contributed by atoms with Gasteiger partial charge in [-0.15, -0.1) is 0 Å². The molecule has 16 heavy (non-hydrogen) atoms. The van der Waals surface area contributed by atoms with E-state index in [1.165, 1.54) is 18.4 Å². The molecule has 0 aliphatic heterocycles. The molecule has 1 aromatic carbocycles. The van der Waals surface area contributed by atoms with Crippen LogP contribution in [0, 0.1) is 12.8 Å². The van der Waals surface area contributed by atoms with Crippen molar-refractivity contribution in [1.82, 2.24) is 0 Å². The van der Waals surface area contributed by atoms with Gasteiger partial charge in [0.1, 0.15) is 5.75 Å². The van der Waals surface area contributed by atoms with E-state index >= 15 is 0 Å². The van der Waals surface area contributed by atoms with E-state index in [9.17, 15) is 5.11 Å². The van der Waals surface area contributed by atoms with E-state index in [-0.39, 0.29) is 0 Å². The summed E-state index contributed by atoms with van der Waals surface area (Å²) in [7, 11) is 0. The van der Waals surface area contributed by atoms with Gasteiger partial charge in [-0.3, -0.25) is 0 Å². The van der Waals surface area contributed by atoms with Gasteiger partial charge in [0.2, 0.25) is 0 Å². The van der Waals surface area contributed by atoms with Crippen LogP contribution in [-0.2, 0) is 0 Å². The van der Waals surface area contributed by atoms with Crippen LogP contribution in [0.1, 0.15) is 62.1 Å². The summed E-state index contributed by atoms with van der Waals surface area (Å²) in [6, 6.07) is 4.27. The number of aromatic hydroxyl groups is 1. The molecule has 0 amide bonds. The molecule has 0 saturated heterocycles. The lowest BCUT2D eigenvalue weighted by Gasteiger charge is -2.18. The van der Waals surface area contributed by atoms with Crippen LogP contribution in [0.25, 0.3) is 0 Å². The molecule has 1 saturated carbocycles. The summed E-state index contributed by atoms with van der Waals surface area (Å²) >= 11 is 0. The largest absolute Gasteiger partial charge is 0.507 e. The molecule has 1 atom stereocenters. The Kier molecular flexibility index (Phi) is 2.96. The highest BCUT2D eigenvalue weighted by Gasteiger charge is 2.31. The van der Waals surface area contributed by atoms with Crippen LogP contribution in [0.3, 0.4) is 0 Å². The first-order valence-electron chi connectivity index (χ1n) is 6.34. The van der Waals surface area contributed by atoms with E-state index in [4.69, 9.17) is 0 Å². The lowest BCUT2D eigenvalue weighted by atomic mass is 9.89. The van der Waals surface area contributed by atoms with E-state index in [2.05, 4.69) is 39.8 Å². The molecule has 1 aliphatic rings. The lowest BCUT2D eigenvalue weighted by molar-refractivity contribution is 0.448. The average molecular weight is 218 g/mol. The second-order valence-corrected chi connectivity index (χ2v) is 5.57. The minimum Gasteiger partial charge on any atom is -0.507 e. The molecule has 0 spiro atoms. The third-order valence-corrected chi connectivity index (χ3v) is 3.75. The molecule has 2 rings (SSSR count). The number of phenols is 1. The Morgan fingerprint density at radius 3 is 2.19 bits per heavy atom. The van der Waals surface area contributed by atoms with Gasteiger partial charge < -0.3 is 5.11 Å². The van der Waals surface area contributed by atoms with Gasteiger partial charge in [0, 0.05) is 0 Å². The molecule has 1 unspecified atom stereocenters. The summed E-state index contributed by atoms with van der Waals surface area (Å²) < 4.78 is 0. The monoisotopic (exact) mass is 218 g/mol. The second-order valence-electron chi connectivity index (χ2n) is 5.57. The van der Waals surface area contributed by atoms with Gasteiger partial charge in [0.15, 0.2) is 0 Å². The van der Waals surface area contributed by atoms with Crippen molar-refractivity contribution in [1.29, 1.82) is 0 Å². The van der Waals surface area contributed by atoms with Crippen molar-refractivity contribution in [3.05, 3.63) is 28.8 Å². The minimum absolute atomic E-state index is 0.394. The highest BCUT2D eigenvalue weighted by atomic mass is 16.3. The Hall–Kier alpha value is -0.980. The van der Waals surface area contributed by atoms with Crippen LogP contribution in [0.2, 0.25) is 0 Å². The maximum absolute atomic E-state index is 10.3. The van der Waals surface area contributed by atoms with E-state index in [0.717, 1.165) is 17.0 Å². The molecule has 0 radical (unpaired) electrons. The first kappa shape index (κ1) is 11.5. The number of aryl methyl sites for hydroxylation is 1. The Morgan fingerprint density at radius 1 is 1.12 bits per heavy atom. The van der Waals surface area contributed by atoms with Gasteiger partial charge in [0.25, 0.3) is 0 Å². The first-order chi connectivity index (χ1) is 7.50. The van der Waals surface area contributed by atoms with E-state index in [0.29, 0.717) is 17.6 Å². The van der Waals surface area contributed by atoms with Gasteiger partial charge in [-0.2, -0.15) is 0 Å². The van der Waals surface area contributed by atoms with Gasteiger partial charge in [-0.05, 0) is 48.6 Å². The molecule has 1 N–H and O–H groups in total. The fraction of sp³-hybridized carbons (Fsp3) is 0.600. The number of phenolic OH excluding ortho intramolecular Hbond substituents is 1. The highest BCUT2D eigenvalue weighted by molar-refractivity contribution is 5.47. The quantitative estimate of drug-likeness (QED) is 0.800. The fourth-order valence-electron chi connectivity index (χ4n) is 2.47. The Morgan fingerprint density at radius 2 is 1.69 bits per heavy atom. The number of hydrogen-bond donors (Lipinski definition) is 1. The smallest absolute Gasteiger partial charge is 0.122 e. The molecule has 1 aliphatic carbocycles. The zero-order chi connectivity index (χ0) is 11.9. The topological polar surface area (TPSA) is 20.2 Å². The molecule has 1 fully saturated rings. The first-order valence-corrected chi connectivity index (χ1v) is 6.34. The number of benzene rings is 1. The second kappa shape index (κ2) is 4.12. The molecule has 88 valence electrons. The fourth-order valence-corrected chi connectivity index (χ4v) is 2.47. The van der Waals surface area contributed by atoms with Crippen LogP contribution in [-0.4, -0.2) is 5.11 Å². The normalized spacial score (nSPS) is 17.8. The molecule has 1 aromatic rings. The highest BCUT2D eigenvalue weighted by Crippen LogP contribution is 2.46. The van der Waals surface area contributed by atoms with Crippen LogP contribution >= 0.6 is 0 Å². The van der Waals surface area contributed by atoms with Gasteiger partial charge >= 0.3 is 0 Å². The molecule has 1 heteroatoms. The molecule has 0 bridgehead atoms. The van der Waals surface area contributed by atoms with Crippen molar-refractivity contribution in [2.75, 3.05) is 0 Å². The third kappa shape index (κ3) is 2.09. The van der Waals surface area contributed by atoms with Gasteiger partial charge in [-0.25, -0.2) is 0 Å². The number of hydrogen-bond acceptors (Lipinski definition) is 1. The predicted octanol–water partition coefficient (Wildman–Crippen LogP) is 4.34. The predicted molar refractivity (Wildman–Crippen MR) is 68.1 cm³/mol. The molecule has 0 heterocycles. The van der Waals surface area contributed by atoms with Gasteiger partial charge in [0.05, 0.1) is 0 Å². The third-order valence-electron chi connectivity index (χ3n) is 3.75. The average Bonchev–Trinajstić information content (AvgIpc) is 3.03. The summed E-state index contributed by atoms with van der Waals surface area (Å²) in [5, 5.41) is 10.3. The van der Waals surface area contributed by atoms with E-state index in [1.807, 2.05) is 0 Å². The summed E-state index contributed by atoms with van der Waals surface area (Å²) in [6.07, 6.45) is 2.65. The zero-order valence-electron chi connectivity index (χ0n) is 10.7. The summed E-state index contributed by atoms with van der Waals surface area (Å²) in [6.45, 7) is 8.64. The summed E-state index contributed by atoms with van der Waals surface area (Å²) in [4.78, 5) is 0. The Labute approximate surface area is 98.5 Å². The summed E-state index contributed by atoms with van der Waals surface area (Å²) in [5.41, 5.74) is 3.53. The Balaban J connectivity index is 2.43. The van der Waals surface area contributed by atoms with Crippen molar-refractivity contribution in [2.24, 2.45) is 5.92 Å². The van der Waals surface area contributed by atoms with Crippen LogP contribution in [0.15, 0.2) is 12.1 Å². The lowest BCUT2D eigenvalue weighted by Crippen LogP contribution is -2.00. The van der Waals surface area contributed by atoms with Crippen LogP contribution in [0.4, 0.5) is 0 Å². The van der Waals surface area contributed by atoms with Crippen molar-refractivity contribution in [2.45, 2.75) is 52.4 Å².